The second-order valence-electron chi connectivity index (χ2n) is 4.73. The van der Waals surface area contributed by atoms with Gasteiger partial charge in [-0.1, -0.05) is 30.3 Å². The van der Waals surface area contributed by atoms with E-state index < -0.39 is 0 Å². The number of nitrogens with two attached hydrogens (primary N) is 1. The Kier molecular flexibility index (Phi) is 2.39. The highest BCUT2D eigenvalue weighted by Crippen LogP contribution is 2.37. The molecule has 0 fully saturated rings. The predicted molar refractivity (Wildman–Crippen MR) is 67.2 cm³/mol. The van der Waals surface area contributed by atoms with E-state index >= 15 is 0 Å². The number of amides is 2. The van der Waals surface area contributed by atoms with Gasteiger partial charge in [-0.05, 0) is 36.0 Å². The molecule has 17 heavy (non-hydrogen) atoms. The summed E-state index contributed by atoms with van der Waals surface area (Å²) in [5, 5.41) is 0. The summed E-state index contributed by atoms with van der Waals surface area (Å²) < 4.78 is 0. The van der Waals surface area contributed by atoms with E-state index in [1.807, 2.05) is 6.07 Å². The molecular formula is C14H16N2O. The number of allylic oxidation sites excluding steroid dienone is 1. The molecule has 0 saturated carbocycles. The Balaban J connectivity index is 2.12. The maximum atomic E-state index is 11.5. The van der Waals surface area contributed by atoms with Gasteiger partial charge in [0.1, 0.15) is 0 Å². The fourth-order valence-electron chi connectivity index (χ4n) is 2.94. The minimum Gasteiger partial charge on any atom is -0.351 e. The first kappa shape index (κ1) is 10.4. The third-order valence-corrected chi connectivity index (χ3v) is 3.73. The summed E-state index contributed by atoms with van der Waals surface area (Å²) in [6.07, 6.45) is 5.54. The van der Waals surface area contributed by atoms with Gasteiger partial charge in [-0.25, -0.2) is 4.79 Å². The number of hydrogen-bond donors (Lipinski definition) is 1. The van der Waals surface area contributed by atoms with Crippen LogP contribution in [0.3, 0.4) is 0 Å². The lowest BCUT2D eigenvalue weighted by Crippen LogP contribution is -2.46. The molecule has 1 aromatic carbocycles. The molecule has 0 saturated heterocycles. The van der Waals surface area contributed by atoms with Crippen LogP contribution in [-0.4, -0.2) is 17.0 Å². The number of fused-ring (bicyclic) bond motifs is 3. The summed E-state index contributed by atoms with van der Waals surface area (Å²) in [5.41, 5.74) is 9.28. The van der Waals surface area contributed by atoms with Gasteiger partial charge in [0.2, 0.25) is 0 Å². The lowest BCUT2D eigenvalue weighted by Gasteiger charge is -2.39. The van der Waals surface area contributed by atoms with E-state index in [2.05, 4.69) is 24.3 Å². The van der Waals surface area contributed by atoms with Crippen molar-refractivity contribution in [3.63, 3.8) is 0 Å². The molecule has 88 valence electrons. The Bertz CT molecular complexity index is 493. The van der Waals surface area contributed by atoms with Crippen LogP contribution in [0.2, 0.25) is 0 Å². The van der Waals surface area contributed by atoms with E-state index in [0.717, 1.165) is 19.3 Å². The van der Waals surface area contributed by atoms with E-state index in [1.54, 1.807) is 4.90 Å². The molecule has 2 aliphatic rings. The molecule has 3 nitrogen and oxygen atoms in total. The first-order valence-corrected chi connectivity index (χ1v) is 6.12. The van der Waals surface area contributed by atoms with Crippen LogP contribution in [0.5, 0.6) is 0 Å². The molecule has 3 heteroatoms. The van der Waals surface area contributed by atoms with Crippen LogP contribution < -0.4 is 5.73 Å². The van der Waals surface area contributed by atoms with Crippen molar-refractivity contribution in [1.29, 1.82) is 0 Å². The quantitative estimate of drug-likeness (QED) is 0.728. The number of rotatable bonds is 0. The topological polar surface area (TPSA) is 46.3 Å². The summed E-state index contributed by atoms with van der Waals surface area (Å²) in [7, 11) is 0. The Morgan fingerprint density at radius 2 is 2.18 bits per heavy atom. The number of benzene rings is 1. The Hall–Kier alpha value is -1.77. The third kappa shape index (κ3) is 1.62. The van der Waals surface area contributed by atoms with Crippen LogP contribution >= 0.6 is 0 Å². The van der Waals surface area contributed by atoms with Crippen molar-refractivity contribution in [3.05, 3.63) is 41.5 Å². The fraction of sp³-hybridized carbons (Fsp3) is 0.357. The smallest absolute Gasteiger partial charge is 0.315 e. The molecule has 0 spiro atoms. The number of carbonyl (C=O) groups is 1. The molecule has 1 aliphatic heterocycles. The molecule has 0 bridgehead atoms. The minimum absolute atomic E-state index is 0.191. The van der Waals surface area contributed by atoms with Crippen LogP contribution in [-0.2, 0) is 6.54 Å². The van der Waals surface area contributed by atoms with Gasteiger partial charge in [0.25, 0.3) is 0 Å². The molecule has 3 rings (SSSR count). The molecule has 1 aromatic rings. The lowest BCUT2D eigenvalue weighted by atomic mass is 9.82. The molecular weight excluding hydrogens is 212 g/mol. The van der Waals surface area contributed by atoms with Crippen molar-refractivity contribution in [3.8, 4) is 0 Å². The molecule has 2 N–H and O–H groups in total. The number of carbonyl (C=O) groups excluding carboxylic acids is 1. The number of nitrogens with zero attached hydrogens (tertiary/aromatic N) is 1. The average Bonchev–Trinajstić information content (AvgIpc) is 2.37. The van der Waals surface area contributed by atoms with Gasteiger partial charge in [-0.15, -0.1) is 0 Å². The fourth-order valence-corrected chi connectivity index (χ4v) is 2.94. The van der Waals surface area contributed by atoms with Crippen LogP contribution in [0.15, 0.2) is 30.3 Å². The summed E-state index contributed by atoms with van der Waals surface area (Å²) >= 11 is 0. The molecule has 1 atom stereocenters. The molecule has 1 aliphatic carbocycles. The first-order valence-electron chi connectivity index (χ1n) is 6.12. The highest BCUT2D eigenvalue weighted by atomic mass is 16.2. The van der Waals surface area contributed by atoms with Gasteiger partial charge in [0.15, 0.2) is 0 Å². The summed E-state index contributed by atoms with van der Waals surface area (Å²) in [4.78, 5) is 13.3. The van der Waals surface area contributed by atoms with Crippen molar-refractivity contribution in [2.75, 3.05) is 0 Å². The maximum absolute atomic E-state index is 11.5. The van der Waals surface area contributed by atoms with Gasteiger partial charge in [-0.2, -0.15) is 0 Å². The SMILES string of the molecule is NC(=O)N1Cc2ccccc2C2=CCCCC21. The number of urea groups is 1. The van der Waals surface area contributed by atoms with Crippen molar-refractivity contribution < 1.29 is 4.79 Å². The molecule has 0 aromatic heterocycles. The highest BCUT2D eigenvalue weighted by molar-refractivity contribution is 5.82. The molecule has 1 heterocycles. The summed E-state index contributed by atoms with van der Waals surface area (Å²) in [6.45, 7) is 0.646. The van der Waals surface area contributed by atoms with Crippen LogP contribution in [0.1, 0.15) is 30.4 Å². The third-order valence-electron chi connectivity index (χ3n) is 3.73. The molecule has 0 radical (unpaired) electrons. The minimum atomic E-state index is -0.308. The van der Waals surface area contributed by atoms with Gasteiger partial charge in [0, 0.05) is 6.54 Å². The first-order chi connectivity index (χ1) is 8.27. The van der Waals surface area contributed by atoms with Crippen molar-refractivity contribution >= 4 is 11.6 Å². The zero-order chi connectivity index (χ0) is 11.8. The zero-order valence-electron chi connectivity index (χ0n) is 9.73. The van der Waals surface area contributed by atoms with E-state index in [9.17, 15) is 4.79 Å². The van der Waals surface area contributed by atoms with E-state index in [-0.39, 0.29) is 12.1 Å². The van der Waals surface area contributed by atoms with Gasteiger partial charge >= 0.3 is 6.03 Å². The standard InChI is InChI=1S/C14H16N2O/c15-14(17)16-9-10-5-1-2-6-11(10)12-7-3-4-8-13(12)16/h1-2,5-7,13H,3-4,8-9H2,(H2,15,17). The van der Waals surface area contributed by atoms with Crippen molar-refractivity contribution in [2.24, 2.45) is 5.73 Å². The second kappa shape index (κ2) is 3.91. The summed E-state index contributed by atoms with van der Waals surface area (Å²) in [5.74, 6) is 0. The molecule has 2 amide bonds. The Morgan fingerprint density at radius 1 is 1.35 bits per heavy atom. The van der Waals surface area contributed by atoms with Crippen molar-refractivity contribution in [2.45, 2.75) is 31.8 Å². The van der Waals surface area contributed by atoms with Crippen molar-refractivity contribution in [1.82, 2.24) is 4.90 Å². The van der Waals surface area contributed by atoms with Crippen LogP contribution in [0.25, 0.3) is 5.57 Å². The van der Waals surface area contributed by atoms with Gasteiger partial charge in [-0.3, -0.25) is 0 Å². The Morgan fingerprint density at radius 3 is 3.00 bits per heavy atom. The number of hydrogen-bond acceptors (Lipinski definition) is 1. The maximum Gasteiger partial charge on any atom is 0.315 e. The van der Waals surface area contributed by atoms with E-state index in [4.69, 9.17) is 5.73 Å². The normalized spacial score (nSPS) is 22.5. The Labute approximate surface area is 101 Å². The lowest BCUT2D eigenvalue weighted by molar-refractivity contribution is 0.186. The van der Waals surface area contributed by atoms with E-state index in [1.165, 1.54) is 16.7 Å². The predicted octanol–water partition coefficient (Wildman–Crippen LogP) is 2.52. The monoisotopic (exact) mass is 228 g/mol. The van der Waals surface area contributed by atoms with Crippen LogP contribution in [0.4, 0.5) is 4.79 Å². The highest BCUT2D eigenvalue weighted by Gasteiger charge is 2.33. The largest absolute Gasteiger partial charge is 0.351 e. The summed E-state index contributed by atoms with van der Waals surface area (Å²) in [6, 6.07) is 8.19. The van der Waals surface area contributed by atoms with Gasteiger partial charge in [0.05, 0.1) is 6.04 Å². The van der Waals surface area contributed by atoms with Crippen LogP contribution in [0, 0.1) is 0 Å². The van der Waals surface area contributed by atoms with E-state index in [0.29, 0.717) is 6.54 Å². The molecule has 1 unspecified atom stereocenters. The second-order valence-corrected chi connectivity index (χ2v) is 4.73. The number of primary amides is 1. The average molecular weight is 228 g/mol. The zero-order valence-corrected chi connectivity index (χ0v) is 9.73. The van der Waals surface area contributed by atoms with Gasteiger partial charge < -0.3 is 10.6 Å².